The van der Waals surface area contributed by atoms with E-state index in [0.29, 0.717) is 3.92 Å². The number of aromatic nitrogens is 3. The fourth-order valence-corrected chi connectivity index (χ4v) is 15.1. The minimum absolute atomic E-state index is 0.317. The molecule has 7 aromatic rings. The molecule has 6 aliphatic rings. The fraction of sp³-hybridized carbons (Fsp3) is 0.203. The molecule has 308 valence electrons. The highest BCUT2D eigenvalue weighted by atomic mass is 127. The van der Waals surface area contributed by atoms with Gasteiger partial charge in [-0.15, -0.1) is 20.7 Å². The highest BCUT2D eigenvalue weighted by Gasteiger charge is 2.28. The van der Waals surface area contributed by atoms with E-state index in [9.17, 15) is 0 Å². The third-order valence-corrected chi connectivity index (χ3v) is 18.0. The van der Waals surface area contributed by atoms with E-state index in [0.717, 1.165) is 70.6 Å². The minimum Gasteiger partial charge on any atom is -0.317 e. The summed E-state index contributed by atoms with van der Waals surface area (Å²) in [5.41, 5.74) is 24.3. The maximum atomic E-state index is 2.64. The molecule has 4 heteroatoms. The van der Waals surface area contributed by atoms with Crippen LogP contribution in [0.15, 0.2) is 151 Å². The number of rotatable bonds is 6. The summed E-state index contributed by atoms with van der Waals surface area (Å²) in [6.07, 6.45) is 39.0. The molecule has 0 radical (unpaired) electrons. The van der Waals surface area contributed by atoms with Crippen LogP contribution in [0.25, 0.3) is 63.2 Å². The van der Waals surface area contributed by atoms with Crippen LogP contribution in [0.3, 0.4) is 0 Å². The maximum Gasteiger partial charge on any atom is 0.0541 e. The van der Waals surface area contributed by atoms with Crippen molar-refractivity contribution >= 4 is 76.0 Å². The molecule has 5 aliphatic carbocycles. The second-order valence-corrected chi connectivity index (χ2v) is 21.3. The van der Waals surface area contributed by atoms with Gasteiger partial charge in [0.2, 0.25) is 0 Å². The second kappa shape index (κ2) is 15.4. The summed E-state index contributed by atoms with van der Waals surface area (Å²) in [6, 6.07) is 37.0. The number of benzene rings is 4. The summed E-state index contributed by atoms with van der Waals surface area (Å²) in [5.74, 6) is 0. The number of para-hydroxylation sites is 2. The van der Waals surface area contributed by atoms with E-state index in [2.05, 4.69) is 178 Å². The van der Waals surface area contributed by atoms with Crippen molar-refractivity contribution in [3.63, 3.8) is 0 Å². The van der Waals surface area contributed by atoms with Gasteiger partial charge in [-0.1, -0.05) is 103 Å². The Morgan fingerprint density at radius 2 is 1.05 bits per heavy atom. The topological polar surface area (TPSA) is 14.8 Å². The summed E-state index contributed by atoms with van der Waals surface area (Å²) in [7, 11) is 0. The van der Waals surface area contributed by atoms with Crippen molar-refractivity contribution in [1.82, 2.24) is 13.7 Å². The predicted molar refractivity (Wildman–Crippen MR) is 276 cm³/mol. The molecule has 63 heavy (non-hydrogen) atoms. The molecular weight excluding hydrogens is 878 g/mol. The number of halogens is 1. The van der Waals surface area contributed by atoms with Gasteiger partial charge in [0.05, 0.1) is 11.0 Å². The molecule has 0 spiro atoms. The molecule has 4 heterocycles. The fourth-order valence-electron chi connectivity index (χ4n) is 11.5. The van der Waals surface area contributed by atoms with Gasteiger partial charge in [-0.2, -0.15) is 0 Å². The zero-order chi connectivity index (χ0) is 41.4. The van der Waals surface area contributed by atoms with Crippen LogP contribution in [0.2, 0.25) is 0 Å². The largest absolute Gasteiger partial charge is 0.317 e. The lowest BCUT2D eigenvalue weighted by Crippen LogP contribution is -2.11. The zero-order valence-corrected chi connectivity index (χ0v) is 37.8. The Bertz CT molecular complexity index is 3230. The van der Waals surface area contributed by atoms with Gasteiger partial charge in [-0.25, -0.2) is 0 Å². The summed E-state index contributed by atoms with van der Waals surface area (Å²) in [6.45, 7) is 0. The van der Waals surface area contributed by atoms with Crippen molar-refractivity contribution in [2.24, 2.45) is 0 Å². The van der Waals surface area contributed by atoms with Gasteiger partial charge in [-0.05, 0) is 176 Å². The monoisotopic (exact) mass is 927 g/mol. The lowest BCUT2D eigenvalue weighted by atomic mass is 9.90. The Labute approximate surface area is 380 Å². The van der Waals surface area contributed by atoms with Crippen molar-refractivity contribution in [3.8, 4) is 11.4 Å². The first-order chi connectivity index (χ1) is 31.2. The molecule has 4 aromatic carbocycles. The molecule has 0 bridgehead atoms. The lowest BCUT2D eigenvalue weighted by Gasteiger charge is -2.27. The van der Waals surface area contributed by atoms with E-state index in [1.165, 1.54) is 101 Å². The van der Waals surface area contributed by atoms with Crippen LogP contribution in [0.4, 0.5) is 0 Å². The Kier molecular flexibility index (Phi) is 9.17. The molecule has 13 rings (SSSR count). The molecule has 0 N–H and O–H groups in total. The molecular formula is C59H50IN3. The zero-order valence-electron chi connectivity index (χ0n) is 35.7. The van der Waals surface area contributed by atoms with Gasteiger partial charge in [0.25, 0.3) is 0 Å². The van der Waals surface area contributed by atoms with Gasteiger partial charge < -0.3 is 13.7 Å². The van der Waals surface area contributed by atoms with Gasteiger partial charge in [0, 0.05) is 58.1 Å². The van der Waals surface area contributed by atoms with E-state index >= 15 is 0 Å². The van der Waals surface area contributed by atoms with Gasteiger partial charge in [-0.3, -0.25) is 0 Å². The molecule has 3 nitrogen and oxygen atoms in total. The Morgan fingerprint density at radius 3 is 1.70 bits per heavy atom. The van der Waals surface area contributed by atoms with Crippen LogP contribution in [-0.4, -0.2) is 17.2 Å². The normalized spacial score (nSPS) is 18.8. The number of nitrogens with zero attached hydrogens (tertiary/aromatic N) is 3. The number of hydrogen-bond acceptors (Lipinski definition) is 0. The number of fused-ring (bicyclic) bond motifs is 9. The predicted octanol–water partition coefficient (Wildman–Crippen LogP) is 15.0. The first kappa shape index (κ1) is 37.6. The van der Waals surface area contributed by atoms with Crippen molar-refractivity contribution < 1.29 is 0 Å². The molecule has 0 saturated heterocycles. The smallest absolute Gasteiger partial charge is 0.0541 e. The summed E-state index contributed by atoms with van der Waals surface area (Å²) in [5, 5.41) is 2.61. The van der Waals surface area contributed by atoms with Crippen molar-refractivity contribution in [2.75, 3.05) is 0 Å². The van der Waals surface area contributed by atoms with E-state index in [1.54, 1.807) is 9.07 Å². The molecule has 1 aliphatic heterocycles. The van der Waals surface area contributed by atoms with Crippen LogP contribution in [0, 0.1) is 0 Å². The SMILES string of the molecule is C1=Cc2c(c3c(n2C2=CC=C(C4=CC(c5ccc(-n6c7ccccc7c7ccccc76)cc5)=IC(c5ccc(-n6c7c(c8c6CCC=C8)CCC=C7)cc5)C4)CC2)CCC=C3)CC1. The third-order valence-electron chi connectivity index (χ3n) is 14.5. The Hall–Kier alpha value is -5.98. The second-order valence-electron chi connectivity index (χ2n) is 18.0. The van der Waals surface area contributed by atoms with E-state index in [1.807, 2.05) is 0 Å². The van der Waals surface area contributed by atoms with Gasteiger partial charge >= 0.3 is 0 Å². The molecule has 0 amide bonds. The van der Waals surface area contributed by atoms with Crippen LogP contribution in [-0.2, 0) is 25.7 Å². The Balaban J connectivity index is 0.882. The van der Waals surface area contributed by atoms with Crippen molar-refractivity contribution in [3.05, 3.63) is 207 Å². The van der Waals surface area contributed by atoms with Gasteiger partial charge in [0.15, 0.2) is 0 Å². The summed E-state index contributed by atoms with van der Waals surface area (Å²) in [4.78, 5) is 0. The molecule has 0 fully saturated rings. The average molecular weight is 928 g/mol. The van der Waals surface area contributed by atoms with Crippen LogP contribution < -0.4 is 0 Å². The highest BCUT2D eigenvalue weighted by molar-refractivity contribution is 14.2. The Morgan fingerprint density at radius 1 is 0.476 bits per heavy atom. The van der Waals surface area contributed by atoms with E-state index < -0.39 is 0 Å². The molecule has 1 atom stereocenters. The van der Waals surface area contributed by atoms with Crippen LogP contribution in [0.5, 0.6) is 0 Å². The number of allylic oxidation sites excluding steroid dienone is 10. The maximum absolute atomic E-state index is 2.64. The average Bonchev–Trinajstić information content (AvgIpc) is 4.00. The molecule has 3 aromatic heterocycles. The van der Waals surface area contributed by atoms with Gasteiger partial charge in [0.1, 0.15) is 0 Å². The van der Waals surface area contributed by atoms with E-state index in [4.69, 9.17) is 0 Å². The first-order valence-electron chi connectivity index (χ1n) is 23.2. The van der Waals surface area contributed by atoms with Crippen LogP contribution >= 0.6 is 20.7 Å². The lowest BCUT2D eigenvalue weighted by molar-refractivity contribution is 0.824. The summed E-state index contributed by atoms with van der Waals surface area (Å²) >= 11 is -0.317. The van der Waals surface area contributed by atoms with Crippen LogP contribution in [0.1, 0.15) is 105 Å². The summed E-state index contributed by atoms with van der Waals surface area (Å²) < 4.78 is 9.71. The van der Waals surface area contributed by atoms with Crippen molar-refractivity contribution in [1.29, 1.82) is 0 Å². The van der Waals surface area contributed by atoms with E-state index in [-0.39, 0.29) is 20.7 Å². The van der Waals surface area contributed by atoms with Crippen molar-refractivity contribution in [2.45, 2.75) is 74.6 Å². The number of hydrogen-bond donors (Lipinski definition) is 0. The first-order valence-corrected chi connectivity index (χ1v) is 25.6. The minimum atomic E-state index is -0.317. The quantitative estimate of drug-likeness (QED) is 0.117. The molecule has 0 saturated carbocycles. The number of alkyl halides is 1. The molecule has 1 unspecified atom stereocenters. The standard InChI is InChI=1S/C59H50IN3/c1-7-19-54-46(13-1)47-14-2-8-20-55(47)61(54)43-31-25-39(26-32-43)42-37-52(40-27-33-44(34-28-40)62-56-21-9-3-15-48(56)49-16-4-10-22-57(49)62)60-53(38-42)41-29-35-45(36-30-41)63-58-23-11-5-17-50(58)51-18-6-12-24-59(51)63/h1,3-5,8-10,12-13,15-17,20-22,24-25,27-31,33-37,53H,2,6-7,11,14,18-19,23,26,32,38H2. The highest BCUT2D eigenvalue weighted by Crippen LogP contribution is 2.46. The third kappa shape index (κ3) is 6.23.